The van der Waals surface area contributed by atoms with Gasteiger partial charge in [-0.25, -0.2) is 4.98 Å². The van der Waals surface area contributed by atoms with Gasteiger partial charge < -0.3 is 4.90 Å². The number of hydrogen-bond acceptors (Lipinski definition) is 3. The van der Waals surface area contributed by atoms with Crippen molar-refractivity contribution >= 4 is 17.2 Å². The maximum atomic E-state index is 12.9. The average Bonchev–Trinajstić information content (AvgIpc) is 3.15. The highest BCUT2D eigenvalue weighted by Gasteiger charge is 2.33. The topological polar surface area (TPSA) is 33.2 Å². The summed E-state index contributed by atoms with van der Waals surface area (Å²) in [6, 6.07) is 10.4. The van der Waals surface area contributed by atoms with Gasteiger partial charge in [-0.15, -0.1) is 11.3 Å². The van der Waals surface area contributed by atoms with Crippen LogP contribution in [-0.2, 0) is 0 Å². The quantitative estimate of drug-likeness (QED) is 0.807. The average molecular weight is 328 g/mol. The Balaban J connectivity index is 1.77. The molecule has 1 aliphatic rings. The van der Waals surface area contributed by atoms with Crippen LogP contribution in [-0.4, -0.2) is 28.4 Å². The van der Waals surface area contributed by atoms with Crippen LogP contribution in [0.15, 0.2) is 35.7 Å². The van der Waals surface area contributed by atoms with Gasteiger partial charge in [0.2, 0.25) is 0 Å². The highest BCUT2D eigenvalue weighted by molar-refractivity contribution is 7.13. The van der Waals surface area contributed by atoms with Crippen LogP contribution in [0.1, 0.15) is 50.5 Å². The van der Waals surface area contributed by atoms with Crippen molar-refractivity contribution in [2.45, 2.75) is 46.1 Å². The Kier molecular flexibility index (Phi) is 4.53. The fourth-order valence-electron chi connectivity index (χ4n) is 3.25. The van der Waals surface area contributed by atoms with E-state index in [1.807, 2.05) is 40.6 Å². The number of carbonyl (C=O) groups is 1. The molecule has 0 N–H and O–H groups in total. The van der Waals surface area contributed by atoms with E-state index in [-0.39, 0.29) is 11.3 Å². The third-order valence-corrected chi connectivity index (χ3v) is 5.12. The molecule has 1 amide bonds. The van der Waals surface area contributed by atoms with Crippen LogP contribution in [0.3, 0.4) is 0 Å². The molecule has 1 aliphatic heterocycles. The summed E-state index contributed by atoms with van der Waals surface area (Å²) in [5, 5.41) is 2.82. The standard InChI is InChI=1S/C19H24N2OS/c1-19(2,3)12-15-10-7-11-21(15)18(22)16-13-23-17(20-16)14-8-5-4-6-9-14/h4-6,8-9,13,15H,7,10-12H2,1-3H3/t15-/m0/s1. The zero-order valence-corrected chi connectivity index (χ0v) is 14.9. The van der Waals surface area contributed by atoms with E-state index in [0.717, 1.165) is 36.4 Å². The summed E-state index contributed by atoms with van der Waals surface area (Å²) in [7, 11) is 0. The minimum atomic E-state index is 0.0928. The predicted molar refractivity (Wildman–Crippen MR) is 95.7 cm³/mol. The molecular formula is C19H24N2OS. The summed E-state index contributed by atoms with van der Waals surface area (Å²) in [6.45, 7) is 7.58. The van der Waals surface area contributed by atoms with Crippen LogP contribution in [0.25, 0.3) is 10.6 Å². The second-order valence-corrected chi connectivity index (χ2v) is 8.32. The minimum absolute atomic E-state index is 0.0928. The third-order valence-electron chi connectivity index (χ3n) is 4.23. The first kappa shape index (κ1) is 16.2. The monoisotopic (exact) mass is 328 g/mol. The molecule has 122 valence electrons. The Morgan fingerprint density at radius 1 is 1.30 bits per heavy atom. The van der Waals surface area contributed by atoms with Gasteiger partial charge in [-0.3, -0.25) is 4.79 Å². The number of nitrogens with zero attached hydrogens (tertiary/aromatic N) is 2. The Morgan fingerprint density at radius 2 is 2.04 bits per heavy atom. The third kappa shape index (κ3) is 3.81. The Bertz CT molecular complexity index is 672. The molecule has 1 aromatic heterocycles. The summed E-state index contributed by atoms with van der Waals surface area (Å²) in [5.41, 5.74) is 1.91. The van der Waals surface area contributed by atoms with E-state index in [1.165, 1.54) is 0 Å². The van der Waals surface area contributed by atoms with Crippen molar-refractivity contribution in [1.29, 1.82) is 0 Å². The molecule has 0 unspecified atom stereocenters. The van der Waals surface area contributed by atoms with Crippen molar-refractivity contribution in [3.8, 4) is 10.6 Å². The van der Waals surface area contributed by atoms with Crippen molar-refractivity contribution in [1.82, 2.24) is 9.88 Å². The number of aromatic nitrogens is 1. The smallest absolute Gasteiger partial charge is 0.273 e. The Morgan fingerprint density at radius 3 is 2.74 bits per heavy atom. The molecule has 0 spiro atoms. The van der Waals surface area contributed by atoms with Gasteiger partial charge in [0.25, 0.3) is 5.91 Å². The van der Waals surface area contributed by atoms with Crippen LogP contribution in [0.5, 0.6) is 0 Å². The molecule has 0 bridgehead atoms. The van der Waals surface area contributed by atoms with E-state index in [4.69, 9.17) is 0 Å². The van der Waals surface area contributed by atoms with E-state index in [1.54, 1.807) is 11.3 Å². The number of carbonyl (C=O) groups excluding carboxylic acids is 1. The molecule has 3 nitrogen and oxygen atoms in total. The Labute approximate surface area is 142 Å². The first-order chi connectivity index (χ1) is 10.9. The van der Waals surface area contributed by atoms with E-state index in [9.17, 15) is 4.79 Å². The van der Waals surface area contributed by atoms with Gasteiger partial charge in [0.05, 0.1) is 0 Å². The zero-order valence-electron chi connectivity index (χ0n) is 14.1. The van der Waals surface area contributed by atoms with Crippen LogP contribution in [0.4, 0.5) is 0 Å². The van der Waals surface area contributed by atoms with E-state index in [2.05, 4.69) is 25.8 Å². The molecular weight excluding hydrogens is 304 g/mol. The lowest BCUT2D eigenvalue weighted by Gasteiger charge is -2.30. The fraction of sp³-hybridized carbons (Fsp3) is 0.474. The first-order valence-corrected chi connectivity index (χ1v) is 9.14. The Hall–Kier alpha value is -1.68. The molecule has 2 aromatic rings. The molecule has 1 saturated heterocycles. The molecule has 0 saturated carbocycles. The normalized spacial score (nSPS) is 18.4. The van der Waals surface area contributed by atoms with Crippen molar-refractivity contribution in [2.24, 2.45) is 5.41 Å². The molecule has 1 atom stereocenters. The van der Waals surface area contributed by atoms with Crippen LogP contribution < -0.4 is 0 Å². The molecule has 1 aromatic carbocycles. The molecule has 1 fully saturated rings. The van der Waals surface area contributed by atoms with E-state index >= 15 is 0 Å². The number of hydrogen-bond donors (Lipinski definition) is 0. The van der Waals surface area contributed by atoms with Gasteiger partial charge in [0.1, 0.15) is 10.7 Å². The first-order valence-electron chi connectivity index (χ1n) is 8.26. The second kappa shape index (κ2) is 6.44. The SMILES string of the molecule is CC(C)(C)C[C@@H]1CCCN1C(=O)c1csc(-c2ccccc2)n1. The van der Waals surface area contributed by atoms with Gasteiger partial charge in [-0.1, -0.05) is 51.1 Å². The number of rotatable bonds is 3. The van der Waals surface area contributed by atoms with Crippen molar-refractivity contribution in [2.75, 3.05) is 6.54 Å². The summed E-state index contributed by atoms with van der Waals surface area (Å²) < 4.78 is 0. The summed E-state index contributed by atoms with van der Waals surface area (Å²) in [4.78, 5) is 19.5. The maximum absolute atomic E-state index is 12.9. The molecule has 0 aliphatic carbocycles. The van der Waals surface area contributed by atoms with Crippen molar-refractivity contribution in [3.63, 3.8) is 0 Å². The number of thiazole rings is 1. The lowest BCUT2D eigenvalue weighted by molar-refractivity contribution is 0.0699. The van der Waals surface area contributed by atoms with Crippen LogP contribution in [0.2, 0.25) is 0 Å². The summed E-state index contributed by atoms with van der Waals surface area (Å²) in [6.07, 6.45) is 3.26. The van der Waals surface area contributed by atoms with Crippen LogP contribution in [0, 0.1) is 5.41 Å². The van der Waals surface area contributed by atoms with Gasteiger partial charge >= 0.3 is 0 Å². The van der Waals surface area contributed by atoms with Gasteiger partial charge in [-0.2, -0.15) is 0 Å². The zero-order chi connectivity index (χ0) is 16.4. The predicted octanol–water partition coefficient (Wildman–Crippen LogP) is 4.85. The summed E-state index contributed by atoms with van der Waals surface area (Å²) in [5.74, 6) is 0.0928. The van der Waals surface area contributed by atoms with Crippen molar-refractivity contribution < 1.29 is 4.79 Å². The molecule has 3 rings (SSSR count). The van der Waals surface area contributed by atoms with Crippen LogP contribution >= 0.6 is 11.3 Å². The lowest BCUT2D eigenvalue weighted by atomic mass is 9.87. The van der Waals surface area contributed by atoms with E-state index < -0.39 is 0 Å². The van der Waals surface area contributed by atoms with Gasteiger partial charge in [0, 0.05) is 23.5 Å². The fourth-order valence-corrected chi connectivity index (χ4v) is 4.05. The van der Waals surface area contributed by atoms with E-state index in [0.29, 0.717) is 11.7 Å². The van der Waals surface area contributed by atoms with Gasteiger partial charge in [0.15, 0.2) is 0 Å². The summed E-state index contributed by atoms with van der Waals surface area (Å²) >= 11 is 1.55. The molecule has 4 heteroatoms. The van der Waals surface area contributed by atoms with Crippen molar-refractivity contribution in [3.05, 3.63) is 41.4 Å². The largest absolute Gasteiger partial charge is 0.334 e. The minimum Gasteiger partial charge on any atom is -0.334 e. The molecule has 2 heterocycles. The second-order valence-electron chi connectivity index (χ2n) is 7.46. The number of amides is 1. The lowest BCUT2D eigenvalue weighted by Crippen LogP contribution is -2.37. The highest BCUT2D eigenvalue weighted by atomic mass is 32.1. The highest BCUT2D eigenvalue weighted by Crippen LogP contribution is 2.31. The molecule has 23 heavy (non-hydrogen) atoms. The number of likely N-dealkylation sites (tertiary alicyclic amines) is 1. The molecule has 0 radical (unpaired) electrons. The number of benzene rings is 1. The van der Waals surface area contributed by atoms with Gasteiger partial charge in [-0.05, 0) is 24.7 Å². The maximum Gasteiger partial charge on any atom is 0.273 e.